The summed E-state index contributed by atoms with van der Waals surface area (Å²) in [6.07, 6.45) is 0. The summed E-state index contributed by atoms with van der Waals surface area (Å²) < 4.78 is 25.5. The monoisotopic (exact) mass is 279 g/mol. The molecule has 1 heterocycles. The first-order valence-corrected chi connectivity index (χ1v) is 6.81. The highest BCUT2D eigenvalue weighted by Crippen LogP contribution is 2.21. The second-order valence-electron chi connectivity index (χ2n) is 3.96. The Morgan fingerprint density at radius 2 is 1.89 bits per heavy atom. The zero-order valence-electron chi connectivity index (χ0n) is 9.80. The fourth-order valence-electron chi connectivity index (χ4n) is 1.55. The molecule has 0 aliphatic carbocycles. The molecule has 1 aliphatic heterocycles. The lowest BCUT2D eigenvalue weighted by atomic mass is 10.1. The minimum atomic E-state index is -3.84. The van der Waals surface area contributed by atoms with E-state index in [1.54, 1.807) is 6.07 Å². The van der Waals surface area contributed by atoms with Crippen LogP contribution in [0.5, 0.6) is 0 Å². The smallest absolute Gasteiger partial charge is 0.259 e. The zero-order valence-corrected chi connectivity index (χ0v) is 10.6. The number of hydrogen-bond donors (Lipinski definition) is 2. The van der Waals surface area contributed by atoms with Crippen molar-refractivity contribution < 1.29 is 18.0 Å². The molecule has 8 heteroatoms. The summed E-state index contributed by atoms with van der Waals surface area (Å²) in [5, 5.41) is 9.48. The summed E-state index contributed by atoms with van der Waals surface area (Å²) in [4.78, 5) is 22.7. The average molecular weight is 279 g/mol. The van der Waals surface area contributed by atoms with Gasteiger partial charge in [0.25, 0.3) is 11.8 Å². The molecule has 0 saturated heterocycles. The minimum Gasteiger partial charge on any atom is -0.288 e. The molecule has 0 saturated carbocycles. The highest BCUT2D eigenvalue weighted by Gasteiger charge is 2.27. The number of carbonyl (C=O) groups is 2. The molecule has 1 atom stereocenters. The van der Waals surface area contributed by atoms with E-state index in [0.29, 0.717) is 0 Å². The fourth-order valence-corrected chi connectivity index (χ4v) is 2.32. The van der Waals surface area contributed by atoms with Gasteiger partial charge in [0.05, 0.1) is 17.2 Å². The fraction of sp³-hybridized carbons (Fsp3) is 0.182. The molecule has 7 nitrogen and oxygen atoms in total. The topological polar surface area (TPSA) is 116 Å². The molecular weight excluding hydrogens is 270 g/mol. The number of benzene rings is 1. The number of nitrogens with zero attached hydrogens (tertiary/aromatic N) is 1. The third-order valence-corrected chi connectivity index (χ3v) is 4.20. The van der Waals surface area contributed by atoms with E-state index in [2.05, 4.69) is 10.0 Å². The van der Waals surface area contributed by atoms with Crippen molar-refractivity contribution in [3.8, 4) is 6.07 Å². The lowest BCUT2D eigenvalue weighted by Gasteiger charge is -2.09. The van der Waals surface area contributed by atoms with Crippen LogP contribution >= 0.6 is 0 Å². The molecular formula is C11H9N3O4S. The maximum atomic E-state index is 11.7. The van der Waals surface area contributed by atoms with Crippen LogP contribution in [0.3, 0.4) is 0 Å². The quantitative estimate of drug-likeness (QED) is 0.768. The average Bonchev–Trinajstić information content (AvgIpc) is 2.63. The molecule has 0 bridgehead atoms. The minimum absolute atomic E-state index is 0.106. The van der Waals surface area contributed by atoms with Gasteiger partial charge in [-0.1, -0.05) is 0 Å². The number of imide groups is 1. The van der Waals surface area contributed by atoms with Crippen molar-refractivity contribution in [2.24, 2.45) is 0 Å². The number of nitrogens with one attached hydrogen (secondary N) is 2. The van der Waals surface area contributed by atoms with E-state index in [1.807, 2.05) is 0 Å². The maximum absolute atomic E-state index is 11.7. The van der Waals surface area contributed by atoms with E-state index in [4.69, 9.17) is 5.26 Å². The zero-order chi connectivity index (χ0) is 14.2. The predicted octanol–water partition coefficient (Wildman–Crippen LogP) is 0.224. The van der Waals surface area contributed by atoms with Gasteiger partial charge < -0.3 is 0 Å². The Balaban J connectivity index is 2.36. The Morgan fingerprint density at radius 1 is 1.26 bits per heavy atom. The van der Waals surface area contributed by atoms with Gasteiger partial charge in [0.2, 0.25) is 10.0 Å². The van der Waals surface area contributed by atoms with Crippen LogP contribution in [-0.4, -0.2) is 25.5 Å². The summed E-state index contributed by atoms with van der Waals surface area (Å²) in [6, 6.07) is 5.58. The molecule has 0 aromatic heterocycles. The van der Waals surface area contributed by atoms with Crippen LogP contribution in [0.25, 0.3) is 0 Å². The lowest BCUT2D eigenvalue weighted by Crippen LogP contribution is -2.24. The third kappa shape index (κ3) is 2.28. The van der Waals surface area contributed by atoms with E-state index in [-0.39, 0.29) is 16.8 Å². The molecule has 0 fully saturated rings. The normalized spacial score (nSPS) is 15.4. The van der Waals surface area contributed by atoms with Crippen LogP contribution in [0.1, 0.15) is 27.6 Å². The largest absolute Gasteiger partial charge is 0.288 e. The molecule has 1 aromatic carbocycles. The Hall–Kier alpha value is -2.40. The van der Waals surface area contributed by atoms with Crippen molar-refractivity contribution in [3.05, 3.63) is 29.3 Å². The van der Waals surface area contributed by atoms with E-state index >= 15 is 0 Å². The number of carbonyl (C=O) groups excluding carboxylic acids is 2. The van der Waals surface area contributed by atoms with Crippen LogP contribution < -0.4 is 10.0 Å². The van der Waals surface area contributed by atoms with E-state index in [0.717, 1.165) is 0 Å². The number of anilines is 1. The van der Waals surface area contributed by atoms with Crippen molar-refractivity contribution in [1.82, 2.24) is 5.32 Å². The van der Waals surface area contributed by atoms with Crippen molar-refractivity contribution >= 4 is 27.5 Å². The van der Waals surface area contributed by atoms with E-state index in [1.165, 1.54) is 25.1 Å². The van der Waals surface area contributed by atoms with Gasteiger partial charge in [0.1, 0.15) is 0 Å². The number of rotatable bonds is 3. The van der Waals surface area contributed by atoms with Crippen molar-refractivity contribution in [2.45, 2.75) is 12.2 Å². The van der Waals surface area contributed by atoms with Gasteiger partial charge in [-0.2, -0.15) is 5.26 Å². The third-order valence-electron chi connectivity index (χ3n) is 2.64. The SMILES string of the molecule is CC(C#N)S(=O)(=O)Nc1ccc2c(c1)C(=O)NC2=O. The molecule has 1 unspecified atom stereocenters. The Morgan fingerprint density at radius 3 is 2.53 bits per heavy atom. The summed E-state index contributed by atoms with van der Waals surface area (Å²) in [7, 11) is -3.84. The van der Waals surface area contributed by atoms with E-state index in [9.17, 15) is 18.0 Å². The van der Waals surface area contributed by atoms with Crippen molar-refractivity contribution in [1.29, 1.82) is 5.26 Å². The maximum Gasteiger partial charge on any atom is 0.259 e. The summed E-state index contributed by atoms with van der Waals surface area (Å²) in [6.45, 7) is 1.24. The van der Waals surface area contributed by atoms with Crippen LogP contribution in [0.2, 0.25) is 0 Å². The molecule has 2 amide bonds. The summed E-state index contributed by atoms with van der Waals surface area (Å²) in [5.41, 5.74) is 0.432. The van der Waals surface area contributed by atoms with Gasteiger partial charge >= 0.3 is 0 Å². The molecule has 1 aromatic rings. The number of fused-ring (bicyclic) bond motifs is 1. The molecule has 0 radical (unpaired) electrons. The highest BCUT2D eigenvalue weighted by atomic mass is 32.2. The van der Waals surface area contributed by atoms with Gasteiger partial charge in [-0.15, -0.1) is 0 Å². The molecule has 2 N–H and O–H groups in total. The number of sulfonamides is 1. The highest BCUT2D eigenvalue weighted by molar-refractivity contribution is 7.93. The molecule has 1 aliphatic rings. The van der Waals surface area contributed by atoms with Crippen LogP contribution in [0.15, 0.2) is 18.2 Å². The second-order valence-corrected chi connectivity index (χ2v) is 5.96. The van der Waals surface area contributed by atoms with Gasteiger partial charge in [0.15, 0.2) is 5.25 Å². The Labute approximate surface area is 109 Å². The summed E-state index contributed by atoms with van der Waals surface area (Å²) in [5.74, 6) is -1.09. The van der Waals surface area contributed by atoms with Gasteiger partial charge in [-0.05, 0) is 25.1 Å². The predicted molar refractivity (Wildman–Crippen MR) is 65.9 cm³/mol. The molecule has 19 heavy (non-hydrogen) atoms. The first-order valence-electron chi connectivity index (χ1n) is 5.26. The molecule has 2 rings (SSSR count). The van der Waals surface area contributed by atoms with Crippen LogP contribution in [0.4, 0.5) is 5.69 Å². The number of amides is 2. The molecule has 0 spiro atoms. The Bertz CT molecular complexity index is 718. The van der Waals surface area contributed by atoms with E-state index < -0.39 is 27.1 Å². The van der Waals surface area contributed by atoms with Gasteiger partial charge in [-0.25, -0.2) is 8.42 Å². The first-order chi connectivity index (χ1) is 8.85. The standard InChI is InChI=1S/C11H9N3O4S/c1-6(5-12)19(17,18)14-7-2-3-8-9(4-7)11(16)13-10(8)15/h2-4,6,14H,1H3,(H,13,15,16). The number of hydrogen-bond acceptors (Lipinski definition) is 5. The summed E-state index contributed by atoms with van der Waals surface area (Å²) >= 11 is 0. The van der Waals surface area contributed by atoms with Gasteiger partial charge in [-0.3, -0.25) is 19.6 Å². The lowest BCUT2D eigenvalue weighted by molar-refractivity contribution is 0.0879. The second kappa shape index (κ2) is 4.37. The number of nitriles is 1. The molecule has 98 valence electrons. The van der Waals surface area contributed by atoms with Crippen LogP contribution in [-0.2, 0) is 10.0 Å². The van der Waals surface area contributed by atoms with Crippen molar-refractivity contribution in [3.63, 3.8) is 0 Å². The van der Waals surface area contributed by atoms with Crippen LogP contribution in [0, 0.1) is 11.3 Å². The van der Waals surface area contributed by atoms with Gasteiger partial charge in [0, 0.05) is 5.69 Å². The first kappa shape index (κ1) is 13.0. The van der Waals surface area contributed by atoms with Crippen molar-refractivity contribution in [2.75, 3.05) is 4.72 Å². The Kier molecular flexibility index (Phi) is 3.00.